The third-order valence-electron chi connectivity index (χ3n) is 8.94. The first-order valence-electron chi connectivity index (χ1n) is 15.7. The lowest BCUT2D eigenvalue weighted by atomic mass is 10.0. The molecule has 5 atom stereocenters. The molecule has 45 heavy (non-hydrogen) atoms. The topological polar surface area (TPSA) is 139 Å². The quantitative estimate of drug-likeness (QED) is 0.337. The second-order valence-corrected chi connectivity index (χ2v) is 18.3. The zero-order valence-electron chi connectivity index (χ0n) is 27.6. The van der Waals surface area contributed by atoms with Gasteiger partial charge in [0, 0.05) is 24.5 Å². The van der Waals surface area contributed by atoms with Crippen molar-refractivity contribution >= 4 is 48.9 Å². The van der Waals surface area contributed by atoms with Gasteiger partial charge in [-0.3, -0.25) is 29.2 Å². The summed E-state index contributed by atoms with van der Waals surface area (Å²) in [6.07, 6.45) is 5.12. The number of nitrogens with one attached hydrogen (secondary N) is 3. The van der Waals surface area contributed by atoms with Crippen LogP contribution in [0.15, 0.2) is 36.5 Å². The Bertz CT molecular complexity index is 1470. The molecular formula is C33H47N5O6Si. The summed E-state index contributed by atoms with van der Waals surface area (Å²) in [4.78, 5) is 57.9. The molecule has 1 fully saturated rings. The summed E-state index contributed by atoms with van der Waals surface area (Å²) >= 11 is 0. The molecule has 1 aromatic carbocycles. The molecule has 4 rings (SSSR count). The van der Waals surface area contributed by atoms with E-state index in [1.807, 2.05) is 31.2 Å². The lowest BCUT2D eigenvalue weighted by molar-refractivity contribution is -0.157. The van der Waals surface area contributed by atoms with E-state index in [2.05, 4.69) is 54.9 Å². The minimum atomic E-state index is -2.31. The predicted octanol–water partition coefficient (Wildman–Crippen LogP) is 4.15. The molecule has 0 spiro atoms. The Morgan fingerprint density at radius 1 is 1.07 bits per heavy atom. The van der Waals surface area contributed by atoms with Crippen molar-refractivity contribution in [3.8, 4) is 0 Å². The first kappa shape index (κ1) is 34.3. The lowest BCUT2D eigenvalue weighted by Gasteiger charge is -2.40. The molecule has 5 bridgehead atoms. The fourth-order valence-corrected chi connectivity index (χ4v) is 6.60. The number of hydrazine groups is 1. The van der Waals surface area contributed by atoms with E-state index in [1.165, 1.54) is 5.01 Å². The van der Waals surface area contributed by atoms with E-state index in [-0.39, 0.29) is 17.4 Å². The molecule has 1 saturated heterocycles. The molecule has 0 radical (unpaired) electrons. The maximum absolute atomic E-state index is 13.7. The highest BCUT2D eigenvalue weighted by Gasteiger charge is 2.42. The van der Waals surface area contributed by atoms with E-state index in [4.69, 9.17) is 9.16 Å². The fraction of sp³-hybridized carbons (Fsp3) is 0.545. The molecule has 3 N–H and O–H groups in total. The summed E-state index contributed by atoms with van der Waals surface area (Å²) in [5.74, 6) is -1.75. The van der Waals surface area contributed by atoms with Crippen LogP contribution in [0.4, 0.5) is 0 Å². The van der Waals surface area contributed by atoms with Crippen molar-refractivity contribution in [2.45, 2.75) is 109 Å². The fourth-order valence-electron chi connectivity index (χ4n) is 5.18. The van der Waals surface area contributed by atoms with Gasteiger partial charge in [0.25, 0.3) is 5.91 Å². The number of esters is 1. The van der Waals surface area contributed by atoms with Gasteiger partial charge in [0.2, 0.25) is 11.8 Å². The molecular weight excluding hydrogens is 590 g/mol. The van der Waals surface area contributed by atoms with Gasteiger partial charge in [-0.2, -0.15) is 0 Å². The zero-order chi connectivity index (χ0) is 33.1. The Balaban J connectivity index is 1.66. The molecule has 2 aromatic rings. The number of amides is 3. The van der Waals surface area contributed by atoms with E-state index in [9.17, 15) is 19.2 Å². The van der Waals surface area contributed by atoms with Crippen LogP contribution >= 0.6 is 0 Å². The maximum atomic E-state index is 13.7. The summed E-state index contributed by atoms with van der Waals surface area (Å²) in [6.45, 7) is 16.0. The second-order valence-electron chi connectivity index (χ2n) is 13.6. The van der Waals surface area contributed by atoms with Gasteiger partial charge >= 0.3 is 5.97 Å². The molecule has 12 heteroatoms. The molecule has 244 valence electrons. The van der Waals surface area contributed by atoms with Crippen molar-refractivity contribution in [3.05, 3.63) is 47.8 Å². The van der Waals surface area contributed by atoms with Gasteiger partial charge in [0.15, 0.2) is 8.32 Å². The number of benzene rings is 1. The van der Waals surface area contributed by atoms with Crippen molar-refractivity contribution in [2.24, 2.45) is 0 Å². The van der Waals surface area contributed by atoms with Crippen molar-refractivity contribution in [1.82, 2.24) is 26.1 Å². The highest BCUT2D eigenvalue weighted by atomic mass is 28.4. The standard InChI is InChI=1S/C33H47N5O6Si/c1-20-31(41)38-16-10-12-27(37-38)32(42)43-21(2)23-14-15-24-19-34-26(18-25(24)17-23)11-9-13-28(39)36-29(30(40)35-20)22(3)44-45(7,8)33(4,5)6/h9,11,14-15,17-22,27,29,37H,10,12-13,16H2,1-8H3,(H,35,40)(H,36,39)/t20-,21+,22+,27-,29-/m0/s1. The van der Waals surface area contributed by atoms with Crippen molar-refractivity contribution in [1.29, 1.82) is 0 Å². The molecule has 11 nitrogen and oxygen atoms in total. The Hall–Kier alpha value is -3.61. The van der Waals surface area contributed by atoms with Crippen LogP contribution in [0.3, 0.4) is 0 Å². The number of carbonyl (C=O) groups is 4. The van der Waals surface area contributed by atoms with Crippen LogP contribution < -0.4 is 16.1 Å². The number of hydrogen-bond donors (Lipinski definition) is 3. The summed E-state index contributed by atoms with van der Waals surface area (Å²) < 4.78 is 12.3. The Kier molecular flexibility index (Phi) is 10.5. The number of hydrogen-bond acceptors (Lipinski definition) is 8. The molecule has 0 unspecified atom stereocenters. The molecule has 2 aliphatic heterocycles. The average Bonchev–Trinajstić information content (AvgIpc) is 2.97. The van der Waals surface area contributed by atoms with Crippen LogP contribution in [0.2, 0.25) is 18.1 Å². The van der Waals surface area contributed by atoms with Gasteiger partial charge in [-0.05, 0) is 80.9 Å². The number of pyridine rings is 1. The minimum Gasteiger partial charge on any atom is -0.457 e. The van der Waals surface area contributed by atoms with Gasteiger partial charge in [-0.25, -0.2) is 5.43 Å². The van der Waals surface area contributed by atoms with Crippen LogP contribution in [0.25, 0.3) is 16.8 Å². The number of nitrogens with zero attached hydrogens (tertiary/aromatic N) is 2. The Labute approximate surface area is 266 Å². The molecule has 2 aliphatic rings. The second kappa shape index (κ2) is 13.8. The number of aromatic nitrogens is 1. The first-order valence-corrected chi connectivity index (χ1v) is 18.6. The van der Waals surface area contributed by atoms with E-state index >= 15 is 0 Å². The molecule has 3 heterocycles. The van der Waals surface area contributed by atoms with E-state index in [0.29, 0.717) is 25.1 Å². The van der Waals surface area contributed by atoms with Crippen LogP contribution in [0.5, 0.6) is 0 Å². The molecule has 0 aliphatic carbocycles. The molecule has 0 saturated carbocycles. The van der Waals surface area contributed by atoms with Gasteiger partial charge in [0.05, 0.1) is 11.8 Å². The van der Waals surface area contributed by atoms with Crippen molar-refractivity contribution in [2.75, 3.05) is 6.54 Å². The van der Waals surface area contributed by atoms with Gasteiger partial charge < -0.3 is 19.8 Å². The summed E-state index contributed by atoms with van der Waals surface area (Å²) in [7, 11) is -2.31. The normalized spacial score (nSPS) is 25.0. The summed E-state index contributed by atoms with van der Waals surface area (Å²) in [6, 6.07) is 5.00. The van der Waals surface area contributed by atoms with Crippen LogP contribution in [0.1, 0.15) is 78.2 Å². The van der Waals surface area contributed by atoms with Gasteiger partial charge in [0.1, 0.15) is 24.2 Å². The minimum absolute atomic E-state index is 0.0108. The van der Waals surface area contributed by atoms with E-state index in [1.54, 1.807) is 32.2 Å². The molecule has 1 aromatic heterocycles. The lowest BCUT2D eigenvalue weighted by Crippen LogP contribution is -2.62. The monoisotopic (exact) mass is 637 g/mol. The number of rotatable bonds is 3. The van der Waals surface area contributed by atoms with Crippen LogP contribution in [-0.4, -0.2) is 72.8 Å². The smallest absolute Gasteiger partial charge is 0.325 e. The Morgan fingerprint density at radius 2 is 1.80 bits per heavy atom. The van der Waals surface area contributed by atoms with Crippen molar-refractivity contribution in [3.63, 3.8) is 0 Å². The first-order chi connectivity index (χ1) is 21.1. The number of cyclic esters (lactones) is 1. The van der Waals surface area contributed by atoms with Crippen LogP contribution in [0, 0.1) is 0 Å². The third kappa shape index (κ3) is 8.36. The number of fused-ring (bicyclic) bond motifs is 4. The van der Waals surface area contributed by atoms with Crippen molar-refractivity contribution < 1.29 is 28.3 Å². The average molecular weight is 638 g/mol. The molecule has 3 amide bonds. The number of carbonyl (C=O) groups excluding carboxylic acids is 4. The third-order valence-corrected chi connectivity index (χ3v) is 13.5. The van der Waals surface area contributed by atoms with Crippen LogP contribution in [-0.2, 0) is 28.3 Å². The van der Waals surface area contributed by atoms with Gasteiger partial charge in [-0.15, -0.1) is 0 Å². The Morgan fingerprint density at radius 3 is 2.51 bits per heavy atom. The predicted molar refractivity (Wildman–Crippen MR) is 175 cm³/mol. The highest BCUT2D eigenvalue weighted by molar-refractivity contribution is 6.74. The maximum Gasteiger partial charge on any atom is 0.325 e. The van der Waals surface area contributed by atoms with Gasteiger partial charge in [-0.1, -0.05) is 39.0 Å². The van der Waals surface area contributed by atoms with E-state index in [0.717, 1.165) is 16.3 Å². The summed E-state index contributed by atoms with van der Waals surface area (Å²) in [5, 5.41) is 8.70. The summed E-state index contributed by atoms with van der Waals surface area (Å²) in [5.41, 5.74) is 4.48. The zero-order valence-corrected chi connectivity index (χ0v) is 28.6. The highest BCUT2D eigenvalue weighted by Crippen LogP contribution is 2.37. The largest absolute Gasteiger partial charge is 0.457 e. The van der Waals surface area contributed by atoms with E-state index < -0.39 is 56.4 Å². The number of ether oxygens (including phenoxy) is 1. The SMILES string of the molecule is C[C@@H]1NC(=O)[C@H]([C@@H](C)O[Si](C)(C)C(C)(C)C)NC(=O)CC=Cc2cc3cc(ccc3cn2)[C@@H](C)OC(=O)[C@@H]2CCCN(N2)C1=O.